The second-order valence-electron chi connectivity index (χ2n) is 9.69. The normalized spacial score (nSPS) is 21.0. The van der Waals surface area contributed by atoms with Crippen molar-refractivity contribution in [2.75, 3.05) is 0 Å². The van der Waals surface area contributed by atoms with E-state index in [1.54, 1.807) is 5.56 Å². The predicted molar refractivity (Wildman–Crippen MR) is 123 cm³/mol. The van der Waals surface area contributed by atoms with Gasteiger partial charge >= 0.3 is 0 Å². The first-order valence-corrected chi connectivity index (χ1v) is 11.7. The fraction of sp³-hybridized carbons (Fsp3) is 0.571. The van der Waals surface area contributed by atoms with Gasteiger partial charge in [0, 0.05) is 0 Å². The first kappa shape index (κ1) is 21.2. The Bertz CT molecular complexity index is 684. The Kier molecular flexibility index (Phi) is 7.77. The molecule has 0 bridgehead atoms. The van der Waals surface area contributed by atoms with E-state index in [0.29, 0.717) is 5.92 Å². The number of rotatable bonds is 8. The van der Waals surface area contributed by atoms with Gasteiger partial charge in [-0.2, -0.15) is 0 Å². The molecule has 0 aromatic heterocycles. The summed E-state index contributed by atoms with van der Waals surface area (Å²) in [5, 5.41) is 0. The fourth-order valence-electron chi connectivity index (χ4n) is 5.04. The lowest BCUT2D eigenvalue weighted by molar-refractivity contribution is 0.308. The van der Waals surface area contributed by atoms with Gasteiger partial charge in [-0.1, -0.05) is 89.1 Å². The Labute approximate surface area is 173 Å². The van der Waals surface area contributed by atoms with Crippen LogP contribution >= 0.6 is 0 Å². The summed E-state index contributed by atoms with van der Waals surface area (Å²) in [4.78, 5) is 0. The zero-order chi connectivity index (χ0) is 19.9. The molecule has 0 amide bonds. The highest BCUT2D eigenvalue weighted by Crippen LogP contribution is 2.37. The molecule has 1 aliphatic rings. The van der Waals surface area contributed by atoms with E-state index in [2.05, 4.69) is 76.2 Å². The van der Waals surface area contributed by atoms with Crippen LogP contribution in [0.25, 0.3) is 0 Å². The van der Waals surface area contributed by atoms with Gasteiger partial charge in [0.25, 0.3) is 0 Å². The summed E-state index contributed by atoms with van der Waals surface area (Å²) in [6.07, 6.45) is 10.7. The van der Waals surface area contributed by atoms with E-state index in [0.717, 1.165) is 24.2 Å². The molecule has 0 heterocycles. The molecule has 0 heteroatoms. The average molecular weight is 377 g/mol. The van der Waals surface area contributed by atoms with Crippen molar-refractivity contribution in [2.24, 2.45) is 11.8 Å². The molecule has 2 aromatic rings. The maximum absolute atomic E-state index is 2.42. The van der Waals surface area contributed by atoms with Gasteiger partial charge in [-0.25, -0.2) is 0 Å². The Morgan fingerprint density at radius 1 is 0.750 bits per heavy atom. The van der Waals surface area contributed by atoms with Gasteiger partial charge < -0.3 is 0 Å². The number of hydrogen-bond acceptors (Lipinski definition) is 0. The van der Waals surface area contributed by atoms with Gasteiger partial charge in [-0.3, -0.25) is 0 Å². The van der Waals surface area contributed by atoms with Crippen LogP contribution in [0.1, 0.15) is 100 Å². The molecule has 1 unspecified atom stereocenters. The van der Waals surface area contributed by atoms with Gasteiger partial charge in [0.2, 0.25) is 0 Å². The monoisotopic (exact) mass is 376 g/mol. The van der Waals surface area contributed by atoms with Crippen molar-refractivity contribution in [3.63, 3.8) is 0 Å². The van der Waals surface area contributed by atoms with E-state index in [-0.39, 0.29) is 0 Å². The fourth-order valence-corrected chi connectivity index (χ4v) is 5.04. The van der Waals surface area contributed by atoms with Gasteiger partial charge in [0.1, 0.15) is 0 Å². The summed E-state index contributed by atoms with van der Waals surface area (Å²) in [5.74, 6) is 3.09. The Morgan fingerprint density at radius 2 is 1.32 bits per heavy atom. The quantitative estimate of drug-likeness (QED) is 0.434. The SMILES string of the molecule is CCCC1CCC(c2ccc(CC(C)c3ccc(CC(C)C)cc3)cc2)CC1. The van der Waals surface area contributed by atoms with Crippen LogP contribution in [0.5, 0.6) is 0 Å². The summed E-state index contributed by atoms with van der Waals surface area (Å²) >= 11 is 0. The molecule has 0 N–H and O–H groups in total. The molecule has 1 saturated carbocycles. The van der Waals surface area contributed by atoms with Gasteiger partial charge in [0.05, 0.1) is 0 Å². The van der Waals surface area contributed by atoms with Crippen LogP contribution in [0, 0.1) is 11.8 Å². The molecule has 152 valence electrons. The van der Waals surface area contributed by atoms with Crippen molar-refractivity contribution in [1.29, 1.82) is 0 Å². The van der Waals surface area contributed by atoms with E-state index in [1.807, 2.05) is 0 Å². The standard InChI is InChI=1S/C28H40/c1-5-6-23-7-15-27(16-8-23)28-17-11-25(12-18-28)20-22(4)26-13-9-24(10-14-26)19-21(2)3/h9-14,17-18,21-23,27H,5-8,15-16,19-20H2,1-4H3. The predicted octanol–water partition coefficient (Wildman–Crippen LogP) is 8.31. The first-order chi connectivity index (χ1) is 13.5. The van der Waals surface area contributed by atoms with Gasteiger partial charge in [-0.05, 0) is 84.5 Å². The average Bonchev–Trinajstić information content (AvgIpc) is 2.69. The van der Waals surface area contributed by atoms with Crippen molar-refractivity contribution in [3.8, 4) is 0 Å². The lowest BCUT2D eigenvalue weighted by Gasteiger charge is -2.28. The summed E-state index contributed by atoms with van der Waals surface area (Å²) in [7, 11) is 0. The third kappa shape index (κ3) is 5.97. The zero-order valence-electron chi connectivity index (χ0n) is 18.6. The van der Waals surface area contributed by atoms with Gasteiger partial charge in [0.15, 0.2) is 0 Å². The van der Waals surface area contributed by atoms with Crippen LogP contribution in [0.15, 0.2) is 48.5 Å². The minimum atomic E-state index is 0.573. The Morgan fingerprint density at radius 3 is 1.89 bits per heavy atom. The largest absolute Gasteiger partial charge is 0.0654 e. The third-order valence-electron chi connectivity index (χ3n) is 6.73. The molecule has 1 atom stereocenters. The molecule has 0 saturated heterocycles. The molecular weight excluding hydrogens is 336 g/mol. The van der Waals surface area contributed by atoms with E-state index < -0.39 is 0 Å². The molecule has 0 aliphatic heterocycles. The summed E-state index contributed by atoms with van der Waals surface area (Å²) in [6, 6.07) is 18.9. The highest BCUT2D eigenvalue weighted by atomic mass is 14.3. The molecule has 0 radical (unpaired) electrons. The summed E-state index contributed by atoms with van der Waals surface area (Å²) < 4.78 is 0. The van der Waals surface area contributed by atoms with Crippen molar-refractivity contribution in [1.82, 2.24) is 0 Å². The highest BCUT2D eigenvalue weighted by Gasteiger charge is 2.21. The molecular formula is C28H40. The van der Waals surface area contributed by atoms with E-state index in [4.69, 9.17) is 0 Å². The molecule has 2 aromatic carbocycles. The van der Waals surface area contributed by atoms with E-state index >= 15 is 0 Å². The van der Waals surface area contributed by atoms with E-state index in [9.17, 15) is 0 Å². The van der Waals surface area contributed by atoms with Gasteiger partial charge in [-0.15, -0.1) is 0 Å². The second-order valence-corrected chi connectivity index (χ2v) is 9.69. The molecule has 1 fully saturated rings. The van der Waals surface area contributed by atoms with Crippen molar-refractivity contribution < 1.29 is 0 Å². The lowest BCUT2D eigenvalue weighted by atomic mass is 9.77. The first-order valence-electron chi connectivity index (χ1n) is 11.7. The summed E-state index contributed by atoms with van der Waals surface area (Å²) in [5.41, 5.74) is 5.97. The van der Waals surface area contributed by atoms with Crippen LogP contribution in [-0.2, 0) is 12.8 Å². The molecule has 28 heavy (non-hydrogen) atoms. The Balaban J connectivity index is 1.54. The number of benzene rings is 2. The topological polar surface area (TPSA) is 0 Å². The number of hydrogen-bond donors (Lipinski definition) is 0. The van der Waals surface area contributed by atoms with Crippen LogP contribution in [0.3, 0.4) is 0 Å². The lowest BCUT2D eigenvalue weighted by Crippen LogP contribution is -2.13. The summed E-state index contributed by atoms with van der Waals surface area (Å²) in [6.45, 7) is 9.26. The molecule has 1 aliphatic carbocycles. The van der Waals surface area contributed by atoms with Crippen molar-refractivity contribution >= 4 is 0 Å². The molecule has 0 spiro atoms. The Hall–Kier alpha value is -1.56. The molecule has 3 rings (SSSR count). The van der Waals surface area contributed by atoms with Crippen LogP contribution in [0.4, 0.5) is 0 Å². The van der Waals surface area contributed by atoms with Crippen LogP contribution in [-0.4, -0.2) is 0 Å². The highest BCUT2D eigenvalue weighted by molar-refractivity contribution is 5.30. The molecule has 0 nitrogen and oxygen atoms in total. The van der Waals surface area contributed by atoms with Crippen LogP contribution < -0.4 is 0 Å². The van der Waals surface area contributed by atoms with Crippen LogP contribution in [0.2, 0.25) is 0 Å². The minimum absolute atomic E-state index is 0.573. The van der Waals surface area contributed by atoms with E-state index in [1.165, 1.54) is 61.6 Å². The maximum Gasteiger partial charge on any atom is -0.0150 e. The second kappa shape index (κ2) is 10.3. The zero-order valence-corrected chi connectivity index (χ0v) is 18.6. The van der Waals surface area contributed by atoms with Crippen molar-refractivity contribution in [3.05, 3.63) is 70.8 Å². The minimum Gasteiger partial charge on any atom is -0.0654 e. The van der Waals surface area contributed by atoms with Crippen molar-refractivity contribution in [2.45, 2.75) is 90.9 Å². The third-order valence-corrected chi connectivity index (χ3v) is 6.73. The smallest absolute Gasteiger partial charge is 0.0150 e. The maximum atomic E-state index is 2.42.